The van der Waals surface area contributed by atoms with Crippen molar-refractivity contribution < 1.29 is 9.18 Å². The maximum absolute atomic E-state index is 13.5. The third-order valence-corrected chi connectivity index (χ3v) is 8.22. The van der Waals surface area contributed by atoms with E-state index in [4.69, 9.17) is 0 Å². The third kappa shape index (κ3) is 3.32. The van der Waals surface area contributed by atoms with Gasteiger partial charge >= 0.3 is 0 Å². The normalized spacial score (nSPS) is 22.3. The van der Waals surface area contributed by atoms with Gasteiger partial charge in [-0.3, -0.25) is 9.78 Å². The first kappa shape index (κ1) is 21.9. The van der Waals surface area contributed by atoms with Crippen LogP contribution in [0, 0.1) is 18.7 Å². The summed E-state index contributed by atoms with van der Waals surface area (Å²) in [6, 6.07) is 24.5. The number of carbonyl (C=O) groups is 1. The average Bonchev–Trinajstić information content (AvgIpc) is 3.19. The molecular formula is C31H25FN4O. The Morgan fingerprint density at radius 1 is 1.00 bits per heavy atom. The van der Waals surface area contributed by atoms with Gasteiger partial charge in [-0.25, -0.2) is 9.07 Å². The molecule has 0 radical (unpaired) electrons. The van der Waals surface area contributed by atoms with Gasteiger partial charge < -0.3 is 4.90 Å². The summed E-state index contributed by atoms with van der Waals surface area (Å²) in [5, 5.41) is 5.65. The summed E-state index contributed by atoms with van der Waals surface area (Å²) < 4.78 is 15.3. The molecule has 1 aliphatic carbocycles. The molecule has 0 N–H and O–H groups in total. The molecule has 3 unspecified atom stereocenters. The van der Waals surface area contributed by atoms with Gasteiger partial charge in [-0.1, -0.05) is 24.3 Å². The van der Waals surface area contributed by atoms with Crippen molar-refractivity contribution in [3.63, 3.8) is 0 Å². The molecule has 182 valence electrons. The minimum Gasteiger partial charge on any atom is -0.337 e. The first-order valence-electron chi connectivity index (χ1n) is 12.6. The molecule has 1 aliphatic heterocycles. The number of likely N-dealkylation sites (tertiary alicyclic amines) is 1. The zero-order valence-corrected chi connectivity index (χ0v) is 20.4. The van der Waals surface area contributed by atoms with E-state index in [1.165, 1.54) is 28.8 Å². The lowest BCUT2D eigenvalue weighted by atomic mass is 9.86. The lowest BCUT2D eigenvalue weighted by molar-refractivity contribution is 0.0769. The number of carbonyl (C=O) groups excluding carboxylic acids is 1. The highest BCUT2D eigenvalue weighted by molar-refractivity contribution is 5.95. The SMILES string of the molecule is Cc1cc2c(cnn2-c2ccc(F)cc2)cc1C12CN(C(=O)c3ccccc3)CC1C2c1cccnc1. The van der Waals surface area contributed by atoms with Crippen molar-refractivity contribution >= 4 is 16.8 Å². The Kier molecular flexibility index (Phi) is 4.80. The van der Waals surface area contributed by atoms with Crippen molar-refractivity contribution in [1.82, 2.24) is 19.7 Å². The highest BCUT2D eigenvalue weighted by atomic mass is 19.1. The van der Waals surface area contributed by atoms with Gasteiger partial charge in [0.05, 0.1) is 17.4 Å². The first-order valence-corrected chi connectivity index (χ1v) is 12.6. The maximum Gasteiger partial charge on any atom is 0.253 e. The van der Waals surface area contributed by atoms with E-state index >= 15 is 0 Å². The van der Waals surface area contributed by atoms with Crippen molar-refractivity contribution in [3.05, 3.63) is 126 Å². The van der Waals surface area contributed by atoms with Crippen LogP contribution in [0.1, 0.15) is 33.0 Å². The predicted molar refractivity (Wildman–Crippen MR) is 140 cm³/mol. The van der Waals surface area contributed by atoms with Gasteiger partial charge in [0.2, 0.25) is 0 Å². The van der Waals surface area contributed by atoms with E-state index in [9.17, 15) is 9.18 Å². The Morgan fingerprint density at radius 2 is 1.81 bits per heavy atom. The molecule has 3 heterocycles. The fraction of sp³-hybridized carbons (Fsp3) is 0.194. The molecule has 0 bridgehead atoms. The number of amides is 1. The molecule has 2 aromatic heterocycles. The van der Waals surface area contributed by atoms with Crippen LogP contribution in [0.4, 0.5) is 4.39 Å². The molecule has 2 fully saturated rings. The second-order valence-corrected chi connectivity index (χ2v) is 10.2. The highest BCUT2D eigenvalue weighted by Crippen LogP contribution is 2.69. The lowest BCUT2D eigenvalue weighted by Crippen LogP contribution is -2.34. The van der Waals surface area contributed by atoms with Crippen LogP contribution < -0.4 is 0 Å². The zero-order valence-electron chi connectivity index (χ0n) is 20.4. The van der Waals surface area contributed by atoms with E-state index < -0.39 is 0 Å². The minimum atomic E-state index is -0.269. The second-order valence-electron chi connectivity index (χ2n) is 10.2. The Hall–Kier alpha value is -4.32. The first-order chi connectivity index (χ1) is 18.1. The Bertz CT molecular complexity index is 1630. The highest BCUT2D eigenvalue weighted by Gasteiger charge is 2.71. The molecule has 3 aromatic carbocycles. The van der Waals surface area contributed by atoms with Crippen molar-refractivity contribution in [2.45, 2.75) is 18.3 Å². The molecule has 2 aliphatic rings. The smallest absolute Gasteiger partial charge is 0.253 e. The second kappa shape index (κ2) is 8.10. The topological polar surface area (TPSA) is 51.0 Å². The Morgan fingerprint density at radius 3 is 2.57 bits per heavy atom. The standard InChI is InChI=1S/C31H25FN4O/c1-20-14-28-23(17-34-36(28)25-11-9-24(32)10-12-25)15-26(20)31-19-35(30(37)21-6-3-2-4-7-21)18-27(31)29(31)22-8-5-13-33-16-22/h2-17,27,29H,18-19H2,1H3. The average molecular weight is 489 g/mol. The van der Waals surface area contributed by atoms with Gasteiger partial charge in [0.25, 0.3) is 5.91 Å². The van der Waals surface area contributed by atoms with Crippen LogP contribution in [0.3, 0.4) is 0 Å². The summed E-state index contributed by atoms with van der Waals surface area (Å²) in [4.78, 5) is 19.8. The molecule has 1 saturated heterocycles. The van der Waals surface area contributed by atoms with E-state index in [0.717, 1.165) is 28.7 Å². The number of hydrogen-bond acceptors (Lipinski definition) is 3. The van der Waals surface area contributed by atoms with Gasteiger partial charge in [-0.05, 0) is 84.1 Å². The van der Waals surface area contributed by atoms with E-state index in [0.29, 0.717) is 18.4 Å². The van der Waals surface area contributed by atoms with Crippen LogP contribution in [0.5, 0.6) is 0 Å². The molecule has 3 atom stereocenters. The maximum atomic E-state index is 13.5. The monoisotopic (exact) mass is 488 g/mol. The number of nitrogens with zero attached hydrogens (tertiary/aromatic N) is 4. The van der Waals surface area contributed by atoms with Crippen LogP contribution >= 0.6 is 0 Å². The van der Waals surface area contributed by atoms with E-state index in [2.05, 4.69) is 35.2 Å². The van der Waals surface area contributed by atoms with Gasteiger partial charge in [0.15, 0.2) is 0 Å². The molecule has 7 rings (SSSR count). The van der Waals surface area contributed by atoms with Crippen molar-refractivity contribution in [2.75, 3.05) is 13.1 Å². The predicted octanol–water partition coefficient (Wildman–Crippen LogP) is 5.68. The number of aromatic nitrogens is 3. The summed E-state index contributed by atoms with van der Waals surface area (Å²) >= 11 is 0. The summed E-state index contributed by atoms with van der Waals surface area (Å²) in [7, 11) is 0. The third-order valence-electron chi connectivity index (χ3n) is 8.22. The van der Waals surface area contributed by atoms with Gasteiger partial charge in [-0.2, -0.15) is 5.10 Å². The molecular weight excluding hydrogens is 463 g/mol. The van der Waals surface area contributed by atoms with Crippen molar-refractivity contribution in [2.24, 2.45) is 5.92 Å². The quantitative estimate of drug-likeness (QED) is 0.327. The molecule has 6 heteroatoms. The van der Waals surface area contributed by atoms with Crippen LogP contribution in [-0.2, 0) is 5.41 Å². The zero-order chi connectivity index (χ0) is 25.1. The van der Waals surface area contributed by atoms with Crippen LogP contribution in [-0.4, -0.2) is 38.7 Å². The number of hydrogen-bond donors (Lipinski definition) is 0. The minimum absolute atomic E-state index is 0.0833. The largest absolute Gasteiger partial charge is 0.337 e. The summed E-state index contributed by atoms with van der Waals surface area (Å²) in [6.45, 7) is 3.53. The fourth-order valence-electron chi connectivity index (χ4n) is 6.55. The lowest BCUT2D eigenvalue weighted by Gasteiger charge is -2.26. The van der Waals surface area contributed by atoms with Gasteiger partial charge in [0.1, 0.15) is 5.82 Å². The number of rotatable bonds is 4. The Balaban J connectivity index is 1.31. The molecule has 1 saturated carbocycles. The molecule has 37 heavy (non-hydrogen) atoms. The number of fused-ring (bicyclic) bond motifs is 2. The summed E-state index contributed by atoms with van der Waals surface area (Å²) in [5.74, 6) is 0.451. The van der Waals surface area contributed by atoms with E-state index in [1.807, 2.05) is 58.4 Å². The van der Waals surface area contributed by atoms with Crippen LogP contribution in [0.2, 0.25) is 0 Å². The van der Waals surface area contributed by atoms with E-state index in [1.54, 1.807) is 18.3 Å². The van der Waals surface area contributed by atoms with Gasteiger partial charge in [-0.15, -0.1) is 0 Å². The fourth-order valence-corrected chi connectivity index (χ4v) is 6.55. The molecule has 5 nitrogen and oxygen atoms in total. The Labute approximate surface area is 214 Å². The summed E-state index contributed by atoms with van der Waals surface area (Å²) in [5.41, 5.74) is 6.02. The van der Waals surface area contributed by atoms with Crippen LogP contribution in [0.25, 0.3) is 16.6 Å². The number of benzene rings is 3. The molecule has 0 spiro atoms. The van der Waals surface area contributed by atoms with E-state index in [-0.39, 0.29) is 17.1 Å². The number of pyridine rings is 1. The molecule has 1 amide bonds. The van der Waals surface area contributed by atoms with Crippen LogP contribution in [0.15, 0.2) is 97.5 Å². The number of halogens is 1. The van der Waals surface area contributed by atoms with Gasteiger partial charge in [0, 0.05) is 47.8 Å². The number of aryl methyl sites for hydroxylation is 1. The van der Waals surface area contributed by atoms with Crippen molar-refractivity contribution in [3.8, 4) is 5.69 Å². The molecule has 5 aromatic rings. The summed E-state index contributed by atoms with van der Waals surface area (Å²) in [6.07, 6.45) is 5.64. The van der Waals surface area contributed by atoms with Crippen molar-refractivity contribution in [1.29, 1.82) is 0 Å². The number of piperidine rings is 1.